The predicted octanol–water partition coefficient (Wildman–Crippen LogP) is 5.02. The summed E-state index contributed by atoms with van der Waals surface area (Å²) in [5.41, 5.74) is 0.643. The molecule has 2 saturated heterocycles. The highest BCUT2D eigenvalue weighted by molar-refractivity contribution is 9.10. The van der Waals surface area contributed by atoms with Crippen molar-refractivity contribution in [1.29, 1.82) is 0 Å². The van der Waals surface area contributed by atoms with Crippen LogP contribution in [0.1, 0.15) is 69.9 Å². The predicted molar refractivity (Wildman–Crippen MR) is 186 cm³/mol. The SMILES string of the molecule is C.CC(C)(C)OC(=O)N1CCNCC1.COC(=O)c1ccc(Br)cn1.COC(=O)c1ccc(N2CCN(C(=O)OC(C)(C)C)CC2)cn1. The Kier molecular flexibility index (Phi) is 17.3. The van der Waals surface area contributed by atoms with Gasteiger partial charge in [0.25, 0.3) is 0 Å². The number of hydrogen-bond acceptors (Lipinski definition) is 12. The van der Waals surface area contributed by atoms with Gasteiger partial charge in [-0.05, 0) is 81.7 Å². The van der Waals surface area contributed by atoms with E-state index in [1.165, 1.54) is 14.2 Å². The first-order valence-electron chi connectivity index (χ1n) is 15.2. The van der Waals surface area contributed by atoms with Gasteiger partial charge in [0.15, 0.2) is 0 Å². The van der Waals surface area contributed by atoms with Crippen molar-refractivity contribution in [2.45, 2.75) is 60.2 Å². The van der Waals surface area contributed by atoms with Crippen molar-refractivity contribution >= 4 is 45.7 Å². The van der Waals surface area contributed by atoms with Crippen LogP contribution in [0.4, 0.5) is 15.3 Å². The highest BCUT2D eigenvalue weighted by Gasteiger charge is 2.26. The van der Waals surface area contributed by atoms with E-state index < -0.39 is 17.5 Å². The Hall–Kier alpha value is -3.98. The van der Waals surface area contributed by atoms with Crippen molar-refractivity contribution in [2.24, 2.45) is 0 Å². The Labute approximate surface area is 292 Å². The molecular formula is C33H51BrN6O8. The highest BCUT2D eigenvalue weighted by Crippen LogP contribution is 2.18. The summed E-state index contributed by atoms with van der Waals surface area (Å²) in [6.45, 7) is 17.0. The Morgan fingerprint density at radius 3 is 1.50 bits per heavy atom. The van der Waals surface area contributed by atoms with E-state index in [0.717, 1.165) is 36.3 Å². The van der Waals surface area contributed by atoms with Crippen LogP contribution >= 0.6 is 15.9 Å². The van der Waals surface area contributed by atoms with E-state index in [0.29, 0.717) is 31.9 Å². The lowest BCUT2D eigenvalue weighted by Gasteiger charge is -2.36. The van der Waals surface area contributed by atoms with Crippen LogP contribution in [0.2, 0.25) is 0 Å². The van der Waals surface area contributed by atoms with Gasteiger partial charge in [-0.15, -0.1) is 0 Å². The summed E-state index contributed by atoms with van der Waals surface area (Å²) in [6.07, 6.45) is 2.71. The van der Waals surface area contributed by atoms with Crippen molar-refractivity contribution < 1.29 is 38.1 Å². The molecule has 14 nitrogen and oxygen atoms in total. The van der Waals surface area contributed by atoms with Gasteiger partial charge >= 0.3 is 24.1 Å². The number of pyridine rings is 2. The van der Waals surface area contributed by atoms with Gasteiger partial charge in [-0.3, -0.25) is 0 Å². The minimum Gasteiger partial charge on any atom is -0.464 e. The molecule has 0 radical (unpaired) electrons. The summed E-state index contributed by atoms with van der Waals surface area (Å²) in [7, 11) is 2.65. The second kappa shape index (κ2) is 19.7. The zero-order valence-electron chi connectivity index (χ0n) is 28.5. The Morgan fingerprint density at radius 2 is 1.12 bits per heavy atom. The van der Waals surface area contributed by atoms with Crippen LogP contribution < -0.4 is 10.2 Å². The number of carbonyl (C=O) groups excluding carboxylic acids is 4. The molecule has 2 aromatic heterocycles. The third-order valence-electron chi connectivity index (χ3n) is 6.33. The largest absolute Gasteiger partial charge is 0.464 e. The van der Waals surface area contributed by atoms with E-state index in [2.05, 4.69) is 45.6 Å². The summed E-state index contributed by atoms with van der Waals surface area (Å²) >= 11 is 3.20. The van der Waals surface area contributed by atoms with E-state index in [1.807, 2.05) is 47.6 Å². The first-order chi connectivity index (χ1) is 22.0. The maximum absolute atomic E-state index is 12.0. The Balaban J connectivity index is 0.000000391. The molecule has 0 saturated carbocycles. The van der Waals surface area contributed by atoms with Crippen LogP contribution in [0.5, 0.6) is 0 Å². The number of ether oxygens (including phenoxy) is 4. The smallest absolute Gasteiger partial charge is 0.410 e. The summed E-state index contributed by atoms with van der Waals surface area (Å²) < 4.78 is 20.5. The first kappa shape index (κ1) is 42.0. The summed E-state index contributed by atoms with van der Waals surface area (Å²) in [5.74, 6) is -0.871. The maximum atomic E-state index is 12.0. The van der Waals surface area contributed by atoms with Gasteiger partial charge in [0.2, 0.25) is 0 Å². The van der Waals surface area contributed by atoms with Crippen molar-refractivity contribution in [2.75, 3.05) is 71.5 Å². The van der Waals surface area contributed by atoms with Crippen molar-refractivity contribution in [3.05, 3.63) is 52.5 Å². The molecule has 0 aliphatic carbocycles. The lowest BCUT2D eigenvalue weighted by molar-refractivity contribution is 0.0223. The fourth-order valence-electron chi connectivity index (χ4n) is 4.05. The van der Waals surface area contributed by atoms with Crippen LogP contribution in [-0.4, -0.2) is 122 Å². The second-order valence-corrected chi connectivity index (χ2v) is 13.3. The number of anilines is 1. The van der Waals surface area contributed by atoms with Crippen molar-refractivity contribution in [1.82, 2.24) is 25.1 Å². The van der Waals surface area contributed by atoms with Crippen LogP contribution in [0.3, 0.4) is 0 Å². The lowest BCUT2D eigenvalue weighted by Crippen LogP contribution is -2.50. The molecule has 0 bridgehead atoms. The quantitative estimate of drug-likeness (QED) is 0.333. The maximum Gasteiger partial charge on any atom is 0.410 e. The van der Waals surface area contributed by atoms with E-state index in [-0.39, 0.29) is 30.9 Å². The van der Waals surface area contributed by atoms with Gasteiger partial charge in [-0.25, -0.2) is 29.1 Å². The molecule has 268 valence electrons. The van der Waals surface area contributed by atoms with Gasteiger partial charge in [0, 0.05) is 63.0 Å². The minimum absolute atomic E-state index is 0. The highest BCUT2D eigenvalue weighted by atomic mass is 79.9. The monoisotopic (exact) mass is 738 g/mol. The number of esters is 2. The second-order valence-electron chi connectivity index (χ2n) is 12.4. The molecule has 0 atom stereocenters. The Morgan fingerprint density at radius 1 is 0.688 bits per heavy atom. The van der Waals surface area contributed by atoms with Crippen molar-refractivity contribution in [3.63, 3.8) is 0 Å². The molecule has 0 aromatic carbocycles. The number of rotatable bonds is 3. The average molecular weight is 740 g/mol. The Bertz CT molecular complexity index is 1300. The number of nitrogens with zero attached hydrogens (tertiary/aromatic N) is 5. The van der Waals surface area contributed by atoms with E-state index in [4.69, 9.17) is 9.47 Å². The molecule has 1 N–H and O–H groups in total. The first-order valence-corrected chi connectivity index (χ1v) is 16.0. The number of piperazine rings is 2. The lowest BCUT2D eigenvalue weighted by atomic mass is 10.2. The molecule has 0 spiro atoms. The molecule has 2 fully saturated rings. The number of hydrogen-bond donors (Lipinski definition) is 1. The standard InChI is InChI=1S/C16H23N3O4.C9H18N2O2.C7H6BrNO2.CH4/c1-16(2,3)23-15(21)19-9-7-18(8-10-19)12-5-6-13(17-11-12)14(20)22-4;1-9(2,3)13-8(12)11-6-4-10-5-7-11;1-11-7(10)6-3-2-5(8)4-9-6;/h5-6,11H,7-10H2,1-4H3;10H,4-7H2,1-3H3;2-4H,1H3;1H4. The molecule has 4 rings (SSSR count). The fourth-order valence-corrected chi connectivity index (χ4v) is 4.28. The zero-order valence-corrected chi connectivity index (χ0v) is 30.1. The third kappa shape index (κ3) is 15.3. The molecule has 4 heterocycles. The number of carbonyl (C=O) groups is 4. The summed E-state index contributed by atoms with van der Waals surface area (Å²) in [6, 6.07) is 6.80. The van der Waals surface area contributed by atoms with Crippen molar-refractivity contribution in [3.8, 4) is 0 Å². The van der Waals surface area contributed by atoms with Crippen LogP contribution in [0.15, 0.2) is 41.1 Å². The molecule has 15 heteroatoms. The van der Waals surface area contributed by atoms with Crippen LogP contribution in [0.25, 0.3) is 0 Å². The van der Waals surface area contributed by atoms with Gasteiger partial charge in [-0.2, -0.15) is 0 Å². The molecular weight excluding hydrogens is 688 g/mol. The molecule has 2 aromatic rings. The van der Waals surface area contributed by atoms with Gasteiger partial charge in [0.1, 0.15) is 22.6 Å². The normalized spacial score (nSPS) is 14.5. The number of amides is 2. The van der Waals surface area contributed by atoms with E-state index >= 15 is 0 Å². The number of methoxy groups -OCH3 is 2. The topological polar surface area (TPSA) is 153 Å². The minimum atomic E-state index is -0.484. The van der Waals surface area contributed by atoms with Gasteiger partial charge in [-0.1, -0.05) is 7.43 Å². The summed E-state index contributed by atoms with van der Waals surface area (Å²) in [4.78, 5) is 59.2. The molecule has 0 unspecified atom stereocenters. The molecule has 2 aliphatic rings. The van der Waals surface area contributed by atoms with Gasteiger partial charge in [0.05, 0.1) is 26.1 Å². The van der Waals surface area contributed by atoms with E-state index in [1.54, 1.807) is 40.4 Å². The number of aromatic nitrogens is 2. The summed E-state index contributed by atoms with van der Waals surface area (Å²) in [5, 5.41) is 3.18. The van der Waals surface area contributed by atoms with E-state index in [9.17, 15) is 19.2 Å². The number of nitrogens with one attached hydrogen (secondary N) is 1. The molecule has 2 amide bonds. The molecule has 48 heavy (non-hydrogen) atoms. The number of halogens is 1. The molecule has 2 aliphatic heterocycles. The third-order valence-corrected chi connectivity index (χ3v) is 6.80. The zero-order chi connectivity index (χ0) is 35.2. The van der Waals surface area contributed by atoms with Crippen LogP contribution in [-0.2, 0) is 18.9 Å². The average Bonchev–Trinajstić information content (AvgIpc) is 3.04. The fraction of sp³-hybridized carbons (Fsp3) is 0.576. The van der Waals surface area contributed by atoms with Crippen LogP contribution in [0, 0.1) is 0 Å². The van der Waals surface area contributed by atoms with Gasteiger partial charge < -0.3 is 39.0 Å².